The minimum atomic E-state index is -0.0377. The molecule has 0 aliphatic carbocycles. The summed E-state index contributed by atoms with van der Waals surface area (Å²) in [6.45, 7) is 9.50. The van der Waals surface area contributed by atoms with Gasteiger partial charge in [0.25, 0.3) is 5.91 Å². The molecule has 1 aromatic carbocycles. The van der Waals surface area contributed by atoms with Crippen molar-refractivity contribution in [1.29, 1.82) is 0 Å². The van der Waals surface area contributed by atoms with E-state index in [0.717, 1.165) is 42.9 Å². The van der Waals surface area contributed by atoms with E-state index < -0.39 is 0 Å². The van der Waals surface area contributed by atoms with E-state index in [1.807, 2.05) is 37.3 Å². The Morgan fingerprint density at radius 1 is 1.25 bits per heavy atom. The van der Waals surface area contributed by atoms with E-state index in [-0.39, 0.29) is 18.0 Å². The van der Waals surface area contributed by atoms with E-state index in [2.05, 4.69) is 29.0 Å². The van der Waals surface area contributed by atoms with Crippen LogP contribution in [0, 0.1) is 6.92 Å². The summed E-state index contributed by atoms with van der Waals surface area (Å²) in [4.78, 5) is 19.7. The molecule has 0 bridgehead atoms. The first-order valence-corrected chi connectivity index (χ1v) is 8.55. The van der Waals surface area contributed by atoms with Gasteiger partial charge in [-0.3, -0.25) is 14.7 Å². The number of aryl methyl sites for hydroxylation is 1. The van der Waals surface area contributed by atoms with Crippen LogP contribution < -0.4 is 5.32 Å². The first-order chi connectivity index (χ1) is 11.6. The lowest BCUT2D eigenvalue weighted by Gasteiger charge is -2.35. The maximum absolute atomic E-state index is 12.8. The summed E-state index contributed by atoms with van der Waals surface area (Å²) in [6, 6.07) is 9.97. The van der Waals surface area contributed by atoms with Crippen molar-refractivity contribution in [3.05, 3.63) is 41.6 Å². The molecular formula is C19H25N3O2. The summed E-state index contributed by atoms with van der Waals surface area (Å²) in [5.74, 6) is -0.0377. The van der Waals surface area contributed by atoms with Crippen LogP contribution in [0.5, 0.6) is 0 Å². The van der Waals surface area contributed by atoms with E-state index in [1.54, 1.807) is 0 Å². The minimum Gasteiger partial charge on any atom is -0.379 e. The van der Waals surface area contributed by atoms with Crippen LogP contribution in [0.3, 0.4) is 0 Å². The van der Waals surface area contributed by atoms with Crippen LogP contribution in [0.2, 0.25) is 0 Å². The normalized spacial score (nSPS) is 18.3. The molecule has 1 fully saturated rings. The highest BCUT2D eigenvalue weighted by molar-refractivity contribution is 6.06. The largest absolute Gasteiger partial charge is 0.379 e. The van der Waals surface area contributed by atoms with E-state index in [4.69, 9.17) is 4.74 Å². The van der Waals surface area contributed by atoms with E-state index in [1.165, 1.54) is 0 Å². The summed E-state index contributed by atoms with van der Waals surface area (Å²) in [6.07, 6.45) is 0. The molecule has 1 N–H and O–H groups in total. The lowest BCUT2D eigenvalue weighted by Crippen LogP contribution is -2.52. The van der Waals surface area contributed by atoms with Crippen molar-refractivity contribution in [2.24, 2.45) is 0 Å². The number of carbonyl (C=O) groups excluding carboxylic acids is 1. The quantitative estimate of drug-likeness (QED) is 0.937. The zero-order valence-electron chi connectivity index (χ0n) is 14.6. The van der Waals surface area contributed by atoms with Crippen molar-refractivity contribution in [1.82, 2.24) is 15.2 Å². The standard InChI is InChI=1S/C19H25N3O2/c1-13-12-17(16-6-4-5-7-18(16)20-13)19(23)21-14(2)15(3)22-8-10-24-11-9-22/h4-7,12,14-15H,8-11H2,1-3H3,(H,21,23). The second kappa shape index (κ2) is 7.28. The molecule has 2 unspecified atom stereocenters. The molecule has 1 aliphatic rings. The van der Waals surface area contributed by atoms with Crippen molar-refractivity contribution in [2.75, 3.05) is 26.3 Å². The lowest BCUT2D eigenvalue weighted by atomic mass is 10.1. The van der Waals surface area contributed by atoms with Crippen molar-refractivity contribution in [2.45, 2.75) is 32.9 Å². The van der Waals surface area contributed by atoms with Gasteiger partial charge in [0.15, 0.2) is 0 Å². The molecule has 3 rings (SSSR count). The number of hydrogen-bond donors (Lipinski definition) is 1. The molecular weight excluding hydrogens is 302 g/mol. The third-order valence-corrected chi connectivity index (χ3v) is 4.79. The Balaban J connectivity index is 1.77. The van der Waals surface area contributed by atoms with Gasteiger partial charge in [-0.05, 0) is 32.9 Å². The number of aromatic nitrogens is 1. The number of amides is 1. The van der Waals surface area contributed by atoms with Crippen molar-refractivity contribution >= 4 is 16.8 Å². The number of fused-ring (bicyclic) bond motifs is 1. The Morgan fingerprint density at radius 3 is 2.71 bits per heavy atom. The summed E-state index contributed by atoms with van der Waals surface area (Å²) in [5.41, 5.74) is 2.41. The SMILES string of the molecule is Cc1cc(C(=O)NC(C)C(C)N2CCOCC2)c2ccccc2n1. The van der Waals surface area contributed by atoms with Gasteiger partial charge in [-0.1, -0.05) is 18.2 Å². The third kappa shape index (κ3) is 3.57. The van der Waals surface area contributed by atoms with E-state index in [0.29, 0.717) is 5.56 Å². The van der Waals surface area contributed by atoms with Gasteiger partial charge in [0.1, 0.15) is 0 Å². The molecule has 0 radical (unpaired) electrons. The number of ether oxygens (including phenoxy) is 1. The number of nitrogens with zero attached hydrogens (tertiary/aromatic N) is 2. The Morgan fingerprint density at radius 2 is 1.96 bits per heavy atom. The van der Waals surface area contributed by atoms with Crippen LogP contribution >= 0.6 is 0 Å². The summed E-state index contributed by atoms with van der Waals surface area (Å²) in [5, 5.41) is 4.06. The molecule has 0 saturated carbocycles. The topological polar surface area (TPSA) is 54.5 Å². The Kier molecular flexibility index (Phi) is 5.11. The molecule has 2 atom stereocenters. The van der Waals surface area contributed by atoms with Crippen LogP contribution in [0.4, 0.5) is 0 Å². The highest BCUT2D eigenvalue weighted by atomic mass is 16.5. The van der Waals surface area contributed by atoms with Gasteiger partial charge in [-0.15, -0.1) is 0 Å². The van der Waals surface area contributed by atoms with Gasteiger partial charge in [0, 0.05) is 36.3 Å². The zero-order valence-corrected chi connectivity index (χ0v) is 14.6. The molecule has 1 aliphatic heterocycles. The van der Waals surface area contributed by atoms with Crippen LogP contribution in [0.25, 0.3) is 10.9 Å². The minimum absolute atomic E-state index is 0.0377. The number of rotatable bonds is 4. The zero-order chi connectivity index (χ0) is 17.1. The number of morpholine rings is 1. The first kappa shape index (κ1) is 16.9. The molecule has 1 amide bonds. The predicted octanol–water partition coefficient (Wildman–Crippen LogP) is 2.38. The molecule has 2 heterocycles. The van der Waals surface area contributed by atoms with Crippen LogP contribution in [-0.2, 0) is 4.74 Å². The first-order valence-electron chi connectivity index (χ1n) is 8.55. The molecule has 2 aromatic rings. The number of hydrogen-bond acceptors (Lipinski definition) is 4. The molecule has 1 saturated heterocycles. The van der Waals surface area contributed by atoms with Gasteiger partial charge in [0.05, 0.1) is 24.3 Å². The van der Waals surface area contributed by atoms with Crippen molar-refractivity contribution < 1.29 is 9.53 Å². The number of nitrogens with one attached hydrogen (secondary N) is 1. The Hall–Kier alpha value is -1.98. The lowest BCUT2D eigenvalue weighted by molar-refractivity contribution is 0.0137. The maximum atomic E-state index is 12.8. The van der Waals surface area contributed by atoms with Crippen LogP contribution in [0.15, 0.2) is 30.3 Å². The van der Waals surface area contributed by atoms with Crippen LogP contribution in [0.1, 0.15) is 29.9 Å². The molecule has 128 valence electrons. The number of pyridine rings is 1. The second-order valence-electron chi connectivity index (χ2n) is 6.48. The Bertz CT molecular complexity index is 726. The van der Waals surface area contributed by atoms with Gasteiger partial charge in [-0.2, -0.15) is 0 Å². The molecule has 5 heteroatoms. The van der Waals surface area contributed by atoms with Crippen molar-refractivity contribution in [3.8, 4) is 0 Å². The molecule has 1 aromatic heterocycles. The molecule has 24 heavy (non-hydrogen) atoms. The van der Waals surface area contributed by atoms with E-state index >= 15 is 0 Å². The fraction of sp³-hybridized carbons (Fsp3) is 0.474. The average Bonchev–Trinajstić information content (AvgIpc) is 2.60. The highest BCUT2D eigenvalue weighted by Gasteiger charge is 2.24. The van der Waals surface area contributed by atoms with Gasteiger partial charge in [0.2, 0.25) is 0 Å². The van der Waals surface area contributed by atoms with Crippen LogP contribution in [-0.4, -0.2) is 54.2 Å². The Labute approximate surface area is 143 Å². The number of benzene rings is 1. The fourth-order valence-corrected chi connectivity index (χ4v) is 3.20. The summed E-state index contributed by atoms with van der Waals surface area (Å²) in [7, 11) is 0. The fourth-order valence-electron chi connectivity index (χ4n) is 3.20. The van der Waals surface area contributed by atoms with Gasteiger partial charge in [-0.25, -0.2) is 0 Å². The van der Waals surface area contributed by atoms with Crippen molar-refractivity contribution in [3.63, 3.8) is 0 Å². The second-order valence-corrected chi connectivity index (χ2v) is 6.48. The molecule has 0 spiro atoms. The smallest absolute Gasteiger partial charge is 0.252 e. The summed E-state index contributed by atoms with van der Waals surface area (Å²) >= 11 is 0. The summed E-state index contributed by atoms with van der Waals surface area (Å²) < 4.78 is 5.41. The van der Waals surface area contributed by atoms with Gasteiger partial charge < -0.3 is 10.1 Å². The highest BCUT2D eigenvalue weighted by Crippen LogP contribution is 2.18. The van der Waals surface area contributed by atoms with Gasteiger partial charge >= 0.3 is 0 Å². The molecule has 5 nitrogen and oxygen atoms in total. The predicted molar refractivity (Wildman–Crippen MR) is 95.3 cm³/mol. The monoisotopic (exact) mass is 327 g/mol. The average molecular weight is 327 g/mol. The number of carbonyl (C=O) groups is 1. The third-order valence-electron chi connectivity index (χ3n) is 4.79. The number of para-hydroxylation sites is 1. The van der Waals surface area contributed by atoms with E-state index in [9.17, 15) is 4.79 Å². The maximum Gasteiger partial charge on any atom is 0.252 e.